The Kier molecular flexibility index (Phi) is 2.90. The minimum absolute atomic E-state index is 0.0143. The number of halogens is 2. The molecule has 1 aromatic carbocycles. The molecule has 0 aliphatic rings. The summed E-state index contributed by atoms with van der Waals surface area (Å²) in [6.07, 6.45) is 1.37. The Bertz CT molecular complexity index is 345. The number of rotatable bonds is 3. The van der Waals surface area contributed by atoms with E-state index in [1.54, 1.807) is 0 Å². The minimum Gasteiger partial charge on any atom is -0.294 e. The first-order chi connectivity index (χ1) is 6.15. The van der Waals surface area contributed by atoms with Crippen LogP contribution in [0.2, 0.25) is 0 Å². The number of hydrogen-bond donors (Lipinski definition) is 0. The zero-order chi connectivity index (χ0) is 9.84. The van der Waals surface area contributed by atoms with Gasteiger partial charge in [0.15, 0.2) is 5.78 Å². The van der Waals surface area contributed by atoms with E-state index in [-0.39, 0.29) is 12.0 Å². The van der Waals surface area contributed by atoms with Gasteiger partial charge < -0.3 is 0 Å². The van der Waals surface area contributed by atoms with Crippen molar-refractivity contribution < 1.29 is 13.6 Å². The van der Waals surface area contributed by atoms with Crippen molar-refractivity contribution in [1.29, 1.82) is 0 Å². The van der Waals surface area contributed by atoms with Crippen molar-refractivity contribution in [2.45, 2.75) is 6.42 Å². The average Bonchev–Trinajstić information content (AvgIpc) is 2.09. The quantitative estimate of drug-likeness (QED) is 0.518. The standard InChI is InChI=1S/C10H8F2O/c1-2-3-10(13)8-6-7(11)4-5-9(8)12/h2,4-6H,1,3H2. The van der Waals surface area contributed by atoms with Crippen molar-refractivity contribution in [1.82, 2.24) is 0 Å². The van der Waals surface area contributed by atoms with E-state index < -0.39 is 17.4 Å². The predicted octanol–water partition coefficient (Wildman–Crippen LogP) is 2.72. The molecule has 13 heavy (non-hydrogen) atoms. The number of benzene rings is 1. The lowest BCUT2D eigenvalue weighted by molar-refractivity contribution is 0.0991. The molecule has 3 heteroatoms. The average molecular weight is 182 g/mol. The van der Waals surface area contributed by atoms with Gasteiger partial charge in [0, 0.05) is 6.42 Å². The monoisotopic (exact) mass is 182 g/mol. The SMILES string of the molecule is C=CCC(=O)c1cc(F)ccc1F. The van der Waals surface area contributed by atoms with Crippen LogP contribution in [-0.2, 0) is 0 Å². The summed E-state index contributed by atoms with van der Waals surface area (Å²) in [5.41, 5.74) is -0.222. The van der Waals surface area contributed by atoms with Crippen LogP contribution in [0.4, 0.5) is 8.78 Å². The predicted molar refractivity (Wildman–Crippen MR) is 45.5 cm³/mol. The van der Waals surface area contributed by atoms with Crippen LogP contribution in [0.1, 0.15) is 16.8 Å². The highest BCUT2D eigenvalue weighted by Gasteiger charge is 2.10. The Morgan fingerprint density at radius 2 is 2.15 bits per heavy atom. The van der Waals surface area contributed by atoms with Gasteiger partial charge in [0.1, 0.15) is 11.6 Å². The van der Waals surface area contributed by atoms with Crippen molar-refractivity contribution in [3.05, 3.63) is 48.1 Å². The van der Waals surface area contributed by atoms with E-state index in [0.717, 1.165) is 18.2 Å². The molecule has 0 bridgehead atoms. The molecular weight excluding hydrogens is 174 g/mol. The van der Waals surface area contributed by atoms with Gasteiger partial charge in [-0.1, -0.05) is 6.08 Å². The third-order valence-corrected chi connectivity index (χ3v) is 1.56. The van der Waals surface area contributed by atoms with E-state index >= 15 is 0 Å². The normalized spacial score (nSPS) is 9.69. The van der Waals surface area contributed by atoms with Crippen LogP contribution in [-0.4, -0.2) is 5.78 Å². The van der Waals surface area contributed by atoms with Crippen LogP contribution in [0.15, 0.2) is 30.9 Å². The van der Waals surface area contributed by atoms with Crippen molar-refractivity contribution in [2.75, 3.05) is 0 Å². The molecule has 1 aromatic rings. The summed E-state index contributed by atoms with van der Waals surface area (Å²) in [6, 6.07) is 2.80. The van der Waals surface area contributed by atoms with E-state index in [0.29, 0.717) is 0 Å². The maximum Gasteiger partial charge on any atom is 0.169 e. The summed E-state index contributed by atoms with van der Waals surface area (Å²) in [5, 5.41) is 0. The first-order valence-electron chi connectivity index (χ1n) is 3.74. The molecule has 0 heterocycles. The molecule has 0 atom stereocenters. The Morgan fingerprint density at radius 3 is 2.77 bits per heavy atom. The number of Topliss-reactive ketones (excluding diaryl/α,β-unsaturated/α-hetero) is 1. The number of hydrogen-bond acceptors (Lipinski definition) is 1. The largest absolute Gasteiger partial charge is 0.294 e. The molecule has 0 aliphatic carbocycles. The second kappa shape index (κ2) is 3.94. The summed E-state index contributed by atoms with van der Waals surface area (Å²) in [6.45, 7) is 3.34. The molecular formula is C10H8F2O. The molecule has 1 nitrogen and oxygen atoms in total. The van der Waals surface area contributed by atoms with Crippen LogP contribution in [0.3, 0.4) is 0 Å². The van der Waals surface area contributed by atoms with Gasteiger partial charge in [-0.05, 0) is 18.2 Å². The molecule has 0 unspecified atom stereocenters. The lowest BCUT2D eigenvalue weighted by Gasteiger charge is -1.99. The molecule has 0 amide bonds. The van der Waals surface area contributed by atoms with Crippen molar-refractivity contribution >= 4 is 5.78 Å². The van der Waals surface area contributed by atoms with Gasteiger partial charge in [-0.15, -0.1) is 6.58 Å². The first kappa shape index (κ1) is 9.58. The lowest BCUT2D eigenvalue weighted by Crippen LogP contribution is -2.01. The smallest absolute Gasteiger partial charge is 0.169 e. The number of carbonyl (C=O) groups is 1. The van der Waals surface area contributed by atoms with Crippen molar-refractivity contribution in [3.63, 3.8) is 0 Å². The molecule has 0 aliphatic heterocycles. The highest BCUT2D eigenvalue weighted by atomic mass is 19.1. The van der Waals surface area contributed by atoms with Crippen LogP contribution in [0.25, 0.3) is 0 Å². The summed E-state index contributed by atoms with van der Waals surface area (Å²) in [5.74, 6) is -1.78. The maximum atomic E-state index is 12.9. The van der Waals surface area contributed by atoms with E-state index in [4.69, 9.17) is 0 Å². The summed E-state index contributed by atoms with van der Waals surface area (Å²) >= 11 is 0. The Labute approximate surface area is 74.7 Å². The second-order valence-electron chi connectivity index (χ2n) is 2.54. The van der Waals surface area contributed by atoms with Gasteiger partial charge in [0.25, 0.3) is 0 Å². The van der Waals surface area contributed by atoms with Crippen LogP contribution >= 0.6 is 0 Å². The molecule has 0 saturated heterocycles. The van der Waals surface area contributed by atoms with E-state index in [9.17, 15) is 13.6 Å². The van der Waals surface area contributed by atoms with Crippen LogP contribution < -0.4 is 0 Å². The van der Waals surface area contributed by atoms with Gasteiger partial charge in [-0.3, -0.25) is 4.79 Å². The third-order valence-electron chi connectivity index (χ3n) is 1.56. The summed E-state index contributed by atoms with van der Waals surface area (Å²) in [4.78, 5) is 11.1. The maximum absolute atomic E-state index is 12.9. The van der Waals surface area contributed by atoms with E-state index in [1.807, 2.05) is 0 Å². The number of ketones is 1. The number of allylic oxidation sites excluding steroid dienone is 1. The third kappa shape index (κ3) is 2.21. The minimum atomic E-state index is -0.701. The fraction of sp³-hybridized carbons (Fsp3) is 0.100. The Morgan fingerprint density at radius 1 is 1.46 bits per heavy atom. The topological polar surface area (TPSA) is 17.1 Å². The highest BCUT2D eigenvalue weighted by molar-refractivity contribution is 5.97. The highest BCUT2D eigenvalue weighted by Crippen LogP contribution is 2.11. The van der Waals surface area contributed by atoms with Crippen molar-refractivity contribution in [3.8, 4) is 0 Å². The molecule has 0 aromatic heterocycles. The van der Waals surface area contributed by atoms with Gasteiger partial charge in [0.2, 0.25) is 0 Å². The van der Waals surface area contributed by atoms with Gasteiger partial charge in [-0.2, -0.15) is 0 Å². The van der Waals surface area contributed by atoms with Crippen LogP contribution in [0.5, 0.6) is 0 Å². The zero-order valence-corrected chi connectivity index (χ0v) is 6.89. The van der Waals surface area contributed by atoms with Gasteiger partial charge >= 0.3 is 0 Å². The second-order valence-corrected chi connectivity index (χ2v) is 2.54. The molecule has 0 radical (unpaired) electrons. The molecule has 0 saturated carbocycles. The Hall–Kier alpha value is -1.51. The van der Waals surface area contributed by atoms with Crippen molar-refractivity contribution in [2.24, 2.45) is 0 Å². The van der Waals surface area contributed by atoms with E-state index in [2.05, 4.69) is 6.58 Å². The summed E-state index contributed by atoms with van der Waals surface area (Å²) < 4.78 is 25.5. The Balaban J connectivity index is 3.05. The fourth-order valence-corrected chi connectivity index (χ4v) is 0.952. The lowest BCUT2D eigenvalue weighted by atomic mass is 10.1. The molecule has 0 spiro atoms. The molecule has 68 valence electrons. The van der Waals surface area contributed by atoms with E-state index in [1.165, 1.54) is 6.08 Å². The molecule has 1 rings (SSSR count). The molecule has 0 fully saturated rings. The molecule has 0 N–H and O–H groups in total. The summed E-state index contributed by atoms with van der Waals surface area (Å²) in [7, 11) is 0. The van der Waals surface area contributed by atoms with Gasteiger partial charge in [-0.25, -0.2) is 8.78 Å². The number of carbonyl (C=O) groups excluding carboxylic acids is 1. The van der Waals surface area contributed by atoms with Gasteiger partial charge in [0.05, 0.1) is 5.56 Å². The zero-order valence-electron chi connectivity index (χ0n) is 6.89. The van der Waals surface area contributed by atoms with Crippen LogP contribution in [0, 0.1) is 11.6 Å². The first-order valence-corrected chi connectivity index (χ1v) is 3.74. The fourth-order valence-electron chi connectivity index (χ4n) is 0.952.